The average Bonchev–Trinajstić information content (AvgIpc) is 3.04. The minimum absolute atomic E-state index is 0.0534. The van der Waals surface area contributed by atoms with Crippen LogP contribution in [0.4, 0.5) is 11.4 Å². The number of hydrogen-bond acceptors (Lipinski definition) is 5. The zero-order chi connectivity index (χ0) is 20.8. The van der Waals surface area contributed by atoms with Gasteiger partial charge in [-0.05, 0) is 55.0 Å². The number of carbonyl (C=O) groups is 2. The van der Waals surface area contributed by atoms with Crippen LogP contribution < -0.4 is 16.2 Å². The summed E-state index contributed by atoms with van der Waals surface area (Å²) in [7, 11) is 0. The van der Waals surface area contributed by atoms with Crippen molar-refractivity contribution in [1.29, 1.82) is 0 Å². The number of aliphatic imine (C=N–C) groups is 1. The van der Waals surface area contributed by atoms with E-state index in [1.807, 2.05) is 12.1 Å². The number of carbonyl (C=O) groups excluding carboxylic acids is 2. The third-order valence-electron chi connectivity index (χ3n) is 4.09. The second kappa shape index (κ2) is 9.58. The van der Waals surface area contributed by atoms with Crippen molar-refractivity contribution in [2.45, 2.75) is 12.8 Å². The molecule has 4 N–H and O–H groups in total. The van der Waals surface area contributed by atoms with Gasteiger partial charge in [0.05, 0.1) is 23.6 Å². The molecule has 0 unspecified atom stereocenters. The Morgan fingerprint density at radius 2 is 1.83 bits per heavy atom. The number of aliphatic hydroxyl groups is 1. The van der Waals surface area contributed by atoms with Crippen LogP contribution in [0.1, 0.15) is 12.8 Å². The molecule has 7 nitrogen and oxygen atoms in total. The lowest BCUT2D eigenvalue weighted by molar-refractivity contribution is -0.120. The average molecular weight is 478 g/mol. The number of nitrogens with zero attached hydrogens (tertiary/aromatic N) is 1. The minimum atomic E-state index is -0.405. The molecule has 0 bridgehead atoms. The van der Waals surface area contributed by atoms with E-state index in [1.165, 1.54) is 0 Å². The van der Waals surface area contributed by atoms with Crippen molar-refractivity contribution in [2.75, 3.05) is 12.0 Å². The summed E-state index contributed by atoms with van der Waals surface area (Å²) in [6, 6.07) is 14.1. The fourth-order valence-electron chi connectivity index (χ4n) is 2.65. The third-order valence-corrected chi connectivity index (χ3v) is 4.87. The Kier molecular flexibility index (Phi) is 6.90. The van der Waals surface area contributed by atoms with Gasteiger partial charge in [-0.15, -0.1) is 0 Å². The number of rotatable bonds is 7. The number of benzene rings is 2. The fraction of sp³-hybridized carbons (Fsp3) is 0.150. The van der Waals surface area contributed by atoms with Crippen LogP contribution >= 0.6 is 27.5 Å². The van der Waals surface area contributed by atoms with E-state index in [0.717, 1.165) is 4.47 Å². The Morgan fingerprint density at radius 1 is 1.14 bits per heavy atom. The first-order valence-electron chi connectivity index (χ1n) is 8.76. The van der Waals surface area contributed by atoms with E-state index in [4.69, 9.17) is 11.6 Å². The number of anilines is 1. The number of aliphatic hydroxyl groups excluding tert-OH is 1. The molecule has 3 rings (SSSR count). The summed E-state index contributed by atoms with van der Waals surface area (Å²) >= 11 is 9.19. The highest BCUT2D eigenvalue weighted by Gasteiger charge is 2.27. The van der Waals surface area contributed by atoms with Gasteiger partial charge in [0, 0.05) is 15.9 Å². The van der Waals surface area contributed by atoms with E-state index in [1.54, 1.807) is 36.4 Å². The highest BCUT2D eigenvalue weighted by Crippen LogP contribution is 2.22. The zero-order valence-corrected chi connectivity index (χ0v) is 17.5. The molecular formula is C20H18BrClN4O3. The monoisotopic (exact) mass is 476 g/mol. The van der Waals surface area contributed by atoms with E-state index in [0.29, 0.717) is 22.1 Å². The molecule has 2 aromatic carbocycles. The molecule has 2 amide bonds. The summed E-state index contributed by atoms with van der Waals surface area (Å²) in [6.45, 7) is 0.0534. The molecule has 0 atom stereocenters. The Morgan fingerprint density at radius 3 is 2.45 bits per heavy atom. The molecule has 1 heterocycles. The van der Waals surface area contributed by atoms with Crippen LogP contribution in [0.3, 0.4) is 0 Å². The molecule has 0 radical (unpaired) electrons. The normalized spacial score (nSPS) is 14.0. The molecule has 1 aliphatic rings. The maximum atomic E-state index is 12.2. The molecule has 0 aliphatic carbocycles. The smallest absolute Gasteiger partial charge is 0.257 e. The van der Waals surface area contributed by atoms with Crippen molar-refractivity contribution >= 4 is 56.4 Å². The summed E-state index contributed by atoms with van der Waals surface area (Å²) in [5, 5.41) is 13.2. The molecule has 0 saturated carbocycles. The van der Waals surface area contributed by atoms with Gasteiger partial charge in [-0.25, -0.2) is 0 Å². The van der Waals surface area contributed by atoms with E-state index < -0.39 is 5.91 Å². The van der Waals surface area contributed by atoms with Gasteiger partial charge in [-0.1, -0.05) is 27.5 Å². The number of amides is 2. The molecule has 0 saturated heterocycles. The van der Waals surface area contributed by atoms with Gasteiger partial charge < -0.3 is 10.4 Å². The van der Waals surface area contributed by atoms with Crippen LogP contribution in [0.15, 0.2) is 69.3 Å². The highest BCUT2D eigenvalue weighted by molar-refractivity contribution is 9.10. The van der Waals surface area contributed by atoms with E-state index in [2.05, 4.69) is 37.1 Å². The van der Waals surface area contributed by atoms with Gasteiger partial charge in [0.1, 0.15) is 11.3 Å². The summed E-state index contributed by atoms with van der Waals surface area (Å²) < 4.78 is 0.895. The lowest BCUT2D eigenvalue weighted by Crippen LogP contribution is -2.30. The molecular weight excluding hydrogens is 460 g/mol. The molecule has 0 fully saturated rings. The van der Waals surface area contributed by atoms with Crippen LogP contribution in [-0.2, 0) is 9.59 Å². The second-order valence-corrected chi connectivity index (χ2v) is 7.57. The van der Waals surface area contributed by atoms with Gasteiger partial charge in [-0.3, -0.25) is 25.4 Å². The van der Waals surface area contributed by atoms with Crippen molar-refractivity contribution in [2.24, 2.45) is 4.99 Å². The maximum absolute atomic E-state index is 12.2. The maximum Gasteiger partial charge on any atom is 0.257 e. The first-order chi connectivity index (χ1) is 13.9. The third kappa shape index (κ3) is 5.82. The van der Waals surface area contributed by atoms with Gasteiger partial charge in [-0.2, -0.15) is 0 Å². The van der Waals surface area contributed by atoms with Crippen molar-refractivity contribution < 1.29 is 14.7 Å². The van der Waals surface area contributed by atoms with Gasteiger partial charge in [0.2, 0.25) is 5.91 Å². The topological polar surface area (TPSA) is 103 Å². The van der Waals surface area contributed by atoms with Gasteiger partial charge in [0.15, 0.2) is 0 Å². The molecule has 1 aliphatic heterocycles. The Hall–Kier alpha value is -2.84. The molecule has 2 aromatic rings. The quantitative estimate of drug-likeness (QED) is 0.357. The zero-order valence-electron chi connectivity index (χ0n) is 15.2. The first kappa shape index (κ1) is 20.9. The van der Waals surface area contributed by atoms with Crippen LogP contribution in [0.5, 0.6) is 0 Å². The molecule has 0 spiro atoms. The SMILES string of the molecule is O=C(CCC(=Nc1ccc(Br)cc1)C1=C(O)CNC1=O)NNc1ccc(Cl)cc1. The number of hydrogen-bond donors (Lipinski definition) is 4. The number of halogens is 2. The highest BCUT2D eigenvalue weighted by atomic mass is 79.9. The Bertz CT molecular complexity index is 972. The predicted molar refractivity (Wildman–Crippen MR) is 116 cm³/mol. The molecule has 150 valence electrons. The lowest BCUT2D eigenvalue weighted by atomic mass is 10.0. The van der Waals surface area contributed by atoms with Crippen LogP contribution in [0.2, 0.25) is 5.02 Å². The molecule has 9 heteroatoms. The van der Waals surface area contributed by atoms with Crippen molar-refractivity contribution in [1.82, 2.24) is 10.7 Å². The van der Waals surface area contributed by atoms with Crippen LogP contribution in [-0.4, -0.2) is 29.2 Å². The largest absolute Gasteiger partial charge is 0.510 e. The summed E-state index contributed by atoms with van der Waals surface area (Å²) in [4.78, 5) is 28.8. The lowest BCUT2D eigenvalue weighted by Gasteiger charge is -2.10. The van der Waals surface area contributed by atoms with Gasteiger partial charge in [0.25, 0.3) is 5.91 Å². The second-order valence-electron chi connectivity index (χ2n) is 6.22. The number of hydrazine groups is 1. The van der Waals surface area contributed by atoms with Crippen molar-refractivity contribution in [3.8, 4) is 0 Å². The standard InChI is InChI=1S/C20H18BrClN4O3/c21-12-1-5-14(6-2-12)24-16(19-17(27)11-23-20(19)29)9-10-18(28)26-25-15-7-3-13(22)4-8-15/h1-8,25,27H,9-11H2,(H,23,29)(H,26,28). The van der Waals surface area contributed by atoms with Crippen molar-refractivity contribution in [3.05, 3.63) is 69.4 Å². The van der Waals surface area contributed by atoms with E-state index in [-0.39, 0.29) is 36.6 Å². The molecule has 0 aromatic heterocycles. The summed E-state index contributed by atoms with van der Waals surface area (Å²) in [5.41, 5.74) is 7.14. The Balaban J connectivity index is 1.69. The minimum Gasteiger partial charge on any atom is -0.510 e. The van der Waals surface area contributed by atoms with Crippen LogP contribution in [0, 0.1) is 0 Å². The summed E-state index contributed by atoms with van der Waals surface area (Å²) in [6.07, 6.45) is 0.247. The van der Waals surface area contributed by atoms with E-state index >= 15 is 0 Å². The summed E-state index contributed by atoms with van der Waals surface area (Å²) in [5.74, 6) is -0.773. The van der Waals surface area contributed by atoms with Crippen LogP contribution in [0.25, 0.3) is 0 Å². The Labute approximate surface area is 181 Å². The van der Waals surface area contributed by atoms with Crippen molar-refractivity contribution in [3.63, 3.8) is 0 Å². The first-order valence-corrected chi connectivity index (χ1v) is 9.93. The molecule has 29 heavy (non-hydrogen) atoms. The number of nitrogens with one attached hydrogen (secondary N) is 3. The van der Waals surface area contributed by atoms with Gasteiger partial charge >= 0.3 is 0 Å². The van der Waals surface area contributed by atoms with E-state index in [9.17, 15) is 14.7 Å². The fourth-order valence-corrected chi connectivity index (χ4v) is 3.04. The predicted octanol–water partition coefficient (Wildman–Crippen LogP) is 4.04.